The van der Waals surface area contributed by atoms with Crippen LogP contribution in [0.25, 0.3) is 0 Å². The zero-order valence-corrected chi connectivity index (χ0v) is 12.4. The van der Waals surface area contributed by atoms with Gasteiger partial charge in [0.25, 0.3) is 5.91 Å². The number of hydrogen-bond donors (Lipinski definition) is 1. The van der Waals surface area contributed by atoms with E-state index in [2.05, 4.69) is 20.1 Å². The molecule has 1 aliphatic rings. The van der Waals surface area contributed by atoms with Gasteiger partial charge in [0.05, 0.1) is 12.8 Å². The second-order valence-corrected chi connectivity index (χ2v) is 5.10. The number of fused-ring (bicyclic) bond motifs is 1. The predicted molar refractivity (Wildman–Crippen MR) is 78.8 cm³/mol. The molecule has 114 valence electrons. The number of esters is 1. The maximum absolute atomic E-state index is 12.4. The summed E-state index contributed by atoms with van der Waals surface area (Å²) in [6, 6.07) is 4.66. The van der Waals surface area contributed by atoms with Gasteiger partial charge < -0.3 is 10.1 Å². The van der Waals surface area contributed by atoms with Gasteiger partial charge in [-0.3, -0.25) is 9.48 Å². The van der Waals surface area contributed by atoms with E-state index in [1.165, 1.54) is 13.2 Å². The van der Waals surface area contributed by atoms with E-state index in [4.69, 9.17) is 0 Å². The second-order valence-electron chi connectivity index (χ2n) is 5.10. The number of pyridine rings is 1. The lowest BCUT2D eigenvalue weighted by molar-refractivity contribution is 0.0594. The SMILES string of the molecule is COC(=O)c1cccc(C(=O)Nc2c3c(nn2C)CCC3)n1. The van der Waals surface area contributed by atoms with Crippen molar-refractivity contribution >= 4 is 17.7 Å². The van der Waals surface area contributed by atoms with Crippen molar-refractivity contribution in [2.24, 2.45) is 7.05 Å². The van der Waals surface area contributed by atoms with Gasteiger partial charge in [-0.05, 0) is 31.4 Å². The molecule has 22 heavy (non-hydrogen) atoms. The third kappa shape index (κ3) is 2.45. The van der Waals surface area contributed by atoms with E-state index in [1.807, 2.05) is 0 Å². The third-order valence-corrected chi connectivity index (χ3v) is 3.68. The Kier molecular flexibility index (Phi) is 3.62. The molecule has 2 aromatic rings. The number of aromatic nitrogens is 3. The van der Waals surface area contributed by atoms with Crippen molar-refractivity contribution in [1.82, 2.24) is 14.8 Å². The van der Waals surface area contributed by atoms with Gasteiger partial charge in [0.15, 0.2) is 0 Å². The van der Waals surface area contributed by atoms with E-state index >= 15 is 0 Å². The fourth-order valence-electron chi connectivity index (χ4n) is 2.63. The first kappa shape index (κ1) is 14.2. The number of aryl methyl sites for hydroxylation is 2. The van der Waals surface area contributed by atoms with Gasteiger partial charge in [0, 0.05) is 12.6 Å². The first-order valence-corrected chi connectivity index (χ1v) is 7.01. The Morgan fingerprint density at radius 2 is 2.05 bits per heavy atom. The lowest BCUT2D eigenvalue weighted by Crippen LogP contribution is -2.18. The Balaban J connectivity index is 1.85. The topological polar surface area (TPSA) is 86.1 Å². The average Bonchev–Trinajstić information content (AvgIpc) is 3.09. The van der Waals surface area contributed by atoms with E-state index in [0.29, 0.717) is 5.82 Å². The number of nitrogens with zero attached hydrogens (tertiary/aromatic N) is 3. The van der Waals surface area contributed by atoms with Crippen LogP contribution in [-0.4, -0.2) is 33.8 Å². The zero-order valence-electron chi connectivity index (χ0n) is 12.4. The van der Waals surface area contributed by atoms with Crippen molar-refractivity contribution in [3.05, 3.63) is 40.8 Å². The Labute approximate surface area is 127 Å². The Morgan fingerprint density at radius 3 is 2.82 bits per heavy atom. The van der Waals surface area contributed by atoms with Crippen molar-refractivity contribution in [2.75, 3.05) is 12.4 Å². The molecule has 7 nitrogen and oxygen atoms in total. The van der Waals surface area contributed by atoms with E-state index in [-0.39, 0.29) is 17.3 Å². The van der Waals surface area contributed by atoms with Crippen LogP contribution in [0.15, 0.2) is 18.2 Å². The van der Waals surface area contributed by atoms with Gasteiger partial charge in [-0.2, -0.15) is 5.10 Å². The lowest BCUT2D eigenvalue weighted by Gasteiger charge is -2.08. The molecule has 0 bridgehead atoms. The first-order chi connectivity index (χ1) is 10.6. The summed E-state index contributed by atoms with van der Waals surface area (Å²) in [6.45, 7) is 0. The van der Waals surface area contributed by atoms with Crippen LogP contribution >= 0.6 is 0 Å². The highest BCUT2D eigenvalue weighted by molar-refractivity contribution is 6.03. The molecular formula is C15H16N4O3. The molecule has 0 fully saturated rings. The van der Waals surface area contributed by atoms with Crippen LogP contribution in [0, 0.1) is 0 Å². The van der Waals surface area contributed by atoms with Gasteiger partial charge in [0.2, 0.25) is 0 Å². The van der Waals surface area contributed by atoms with Crippen LogP contribution in [0.5, 0.6) is 0 Å². The van der Waals surface area contributed by atoms with Crippen LogP contribution < -0.4 is 5.32 Å². The van der Waals surface area contributed by atoms with Gasteiger partial charge in [0.1, 0.15) is 17.2 Å². The molecule has 0 unspecified atom stereocenters. The van der Waals surface area contributed by atoms with E-state index in [0.717, 1.165) is 30.5 Å². The standard InChI is InChI=1S/C15H16N4O3/c1-19-13(9-5-3-6-10(9)18-19)17-14(20)11-7-4-8-12(16-11)15(21)22-2/h4,7-8H,3,5-6H2,1-2H3,(H,17,20). The van der Waals surface area contributed by atoms with Gasteiger partial charge >= 0.3 is 5.97 Å². The van der Waals surface area contributed by atoms with Crippen LogP contribution in [0.1, 0.15) is 38.7 Å². The molecule has 2 aromatic heterocycles. The minimum atomic E-state index is -0.573. The maximum atomic E-state index is 12.4. The molecule has 0 aliphatic heterocycles. The highest BCUT2D eigenvalue weighted by Crippen LogP contribution is 2.28. The summed E-state index contributed by atoms with van der Waals surface area (Å²) < 4.78 is 6.28. The molecule has 1 amide bonds. The van der Waals surface area contributed by atoms with Crippen LogP contribution in [0.2, 0.25) is 0 Å². The monoisotopic (exact) mass is 300 g/mol. The number of hydrogen-bond acceptors (Lipinski definition) is 5. The van der Waals surface area contributed by atoms with Gasteiger partial charge in [-0.1, -0.05) is 6.07 Å². The largest absolute Gasteiger partial charge is 0.464 e. The van der Waals surface area contributed by atoms with E-state index in [1.54, 1.807) is 23.9 Å². The van der Waals surface area contributed by atoms with E-state index in [9.17, 15) is 9.59 Å². The lowest BCUT2D eigenvalue weighted by atomic mass is 10.2. The van der Waals surface area contributed by atoms with Crippen molar-refractivity contribution in [1.29, 1.82) is 0 Å². The number of carbonyl (C=O) groups is 2. The normalized spacial score (nSPS) is 12.8. The molecule has 1 aliphatic carbocycles. The smallest absolute Gasteiger partial charge is 0.356 e. The number of rotatable bonds is 3. The van der Waals surface area contributed by atoms with Crippen LogP contribution in [0.4, 0.5) is 5.82 Å². The van der Waals surface area contributed by atoms with E-state index < -0.39 is 5.97 Å². The fraction of sp³-hybridized carbons (Fsp3) is 0.333. The highest BCUT2D eigenvalue weighted by Gasteiger charge is 2.23. The number of methoxy groups -OCH3 is 1. The Morgan fingerprint density at radius 1 is 1.27 bits per heavy atom. The minimum absolute atomic E-state index is 0.102. The van der Waals surface area contributed by atoms with Gasteiger partial charge in [-0.25, -0.2) is 9.78 Å². The summed E-state index contributed by atoms with van der Waals surface area (Å²) in [5.41, 5.74) is 2.38. The number of nitrogens with one attached hydrogen (secondary N) is 1. The summed E-state index contributed by atoms with van der Waals surface area (Å²) in [7, 11) is 3.07. The summed E-state index contributed by atoms with van der Waals surface area (Å²) >= 11 is 0. The predicted octanol–water partition coefficient (Wildman–Crippen LogP) is 1.34. The molecule has 0 radical (unpaired) electrons. The maximum Gasteiger partial charge on any atom is 0.356 e. The average molecular weight is 300 g/mol. The molecule has 2 heterocycles. The zero-order chi connectivity index (χ0) is 15.7. The van der Waals surface area contributed by atoms with Crippen LogP contribution in [0.3, 0.4) is 0 Å². The number of carbonyl (C=O) groups excluding carboxylic acids is 2. The minimum Gasteiger partial charge on any atom is -0.464 e. The summed E-state index contributed by atoms with van der Waals surface area (Å²) in [4.78, 5) is 27.9. The summed E-state index contributed by atoms with van der Waals surface area (Å²) in [6.07, 6.45) is 2.90. The molecule has 0 atom stereocenters. The van der Waals surface area contributed by atoms with Crippen molar-refractivity contribution in [3.63, 3.8) is 0 Å². The molecular weight excluding hydrogens is 284 g/mol. The third-order valence-electron chi connectivity index (χ3n) is 3.68. The number of amides is 1. The fourth-order valence-corrected chi connectivity index (χ4v) is 2.63. The molecule has 1 N–H and O–H groups in total. The summed E-state index contributed by atoms with van der Waals surface area (Å²) in [5, 5.41) is 7.24. The summed E-state index contributed by atoms with van der Waals surface area (Å²) in [5.74, 6) is -0.248. The molecule has 0 saturated heterocycles. The second kappa shape index (κ2) is 5.59. The highest BCUT2D eigenvalue weighted by atomic mass is 16.5. The molecule has 0 aromatic carbocycles. The molecule has 0 saturated carbocycles. The Hall–Kier alpha value is -2.70. The van der Waals surface area contributed by atoms with Crippen LogP contribution in [-0.2, 0) is 24.6 Å². The number of anilines is 1. The van der Waals surface area contributed by atoms with Gasteiger partial charge in [-0.15, -0.1) is 0 Å². The number of ether oxygens (including phenoxy) is 1. The molecule has 3 rings (SSSR count). The van der Waals surface area contributed by atoms with Crippen molar-refractivity contribution in [3.8, 4) is 0 Å². The van der Waals surface area contributed by atoms with Crippen molar-refractivity contribution in [2.45, 2.75) is 19.3 Å². The molecule has 7 heteroatoms. The first-order valence-electron chi connectivity index (χ1n) is 7.01. The molecule has 0 spiro atoms. The van der Waals surface area contributed by atoms with Crippen molar-refractivity contribution < 1.29 is 14.3 Å². The Bertz CT molecular complexity index is 751. The quantitative estimate of drug-likeness (QED) is 0.865.